The number of aliphatic carboxylic acids is 1. The number of ether oxygens (including phenoxy) is 11. The van der Waals surface area contributed by atoms with Crippen molar-refractivity contribution in [3.63, 3.8) is 0 Å². The molecule has 29 heteroatoms. The van der Waals surface area contributed by atoms with Crippen LogP contribution in [-0.4, -0.2) is 286 Å². The first-order chi connectivity index (χ1) is 42.6. The van der Waals surface area contributed by atoms with E-state index in [2.05, 4.69) is 40.7 Å². The highest BCUT2D eigenvalue weighted by Crippen LogP contribution is 2.76. The van der Waals surface area contributed by atoms with Gasteiger partial charge < -0.3 is 134 Å². The molecule has 91 heavy (non-hydrogen) atoms. The lowest BCUT2D eigenvalue weighted by Gasteiger charge is -2.72. The number of carbonyl (C=O) groups excluding carboxylic acids is 1. The van der Waals surface area contributed by atoms with Crippen molar-refractivity contribution in [2.45, 2.75) is 286 Å². The lowest BCUT2D eigenvalue weighted by Crippen LogP contribution is -2.69. The number of rotatable bonds is 16. The van der Waals surface area contributed by atoms with Gasteiger partial charge in [-0.3, -0.25) is 4.79 Å². The lowest BCUT2D eigenvalue weighted by atomic mass is 9.33. The Morgan fingerprint density at radius 2 is 1.05 bits per heavy atom. The monoisotopic (exact) mass is 1310 g/mol. The Balaban J connectivity index is 0.970. The molecule has 5 saturated heterocycles. The van der Waals surface area contributed by atoms with Crippen LogP contribution in [0.2, 0.25) is 0 Å². The second-order valence-corrected chi connectivity index (χ2v) is 29.9. The molecule has 29 nitrogen and oxygen atoms in total. The van der Waals surface area contributed by atoms with E-state index in [1.807, 2.05) is 13.8 Å². The van der Waals surface area contributed by atoms with Gasteiger partial charge in [0.15, 0.2) is 37.6 Å². The first-order valence-electron chi connectivity index (χ1n) is 32.2. The van der Waals surface area contributed by atoms with Crippen molar-refractivity contribution in [1.29, 1.82) is 0 Å². The van der Waals surface area contributed by atoms with Gasteiger partial charge in [-0.1, -0.05) is 60.1 Å². The molecule has 10 rings (SSSR count). The Kier molecular flexibility index (Phi) is 20.8. The molecular weight excluding hydrogens is 1210 g/mol. The molecule has 0 aromatic rings. The van der Waals surface area contributed by atoms with Gasteiger partial charge in [0.2, 0.25) is 0 Å². The lowest BCUT2D eigenvalue weighted by molar-refractivity contribution is -0.406. The molecule has 5 aliphatic heterocycles. The van der Waals surface area contributed by atoms with Crippen molar-refractivity contribution in [2.24, 2.45) is 50.2 Å². The molecule has 0 aromatic heterocycles. The molecule has 16 N–H and O–H groups in total. The van der Waals surface area contributed by atoms with E-state index in [4.69, 9.17) is 52.1 Å². The van der Waals surface area contributed by atoms with Gasteiger partial charge in [0.05, 0.1) is 38.6 Å². The average molecular weight is 1310 g/mol. The number of aliphatic hydroxyl groups excluding tert-OH is 15. The molecule has 0 spiro atoms. The minimum Gasteiger partial charge on any atom is -0.479 e. The van der Waals surface area contributed by atoms with Gasteiger partial charge in [0, 0.05) is 12.3 Å². The predicted molar refractivity (Wildman–Crippen MR) is 305 cm³/mol. The maximum Gasteiger partial charge on any atom is 0.335 e. The third-order valence-electron chi connectivity index (χ3n) is 23.9. The quantitative estimate of drug-likeness (QED) is 0.0414. The number of esters is 1. The third-order valence-corrected chi connectivity index (χ3v) is 23.9. The zero-order chi connectivity index (χ0) is 66.7. The van der Waals surface area contributed by atoms with Crippen LogP contribution in [0.15, 0.2) is 11.6 Å². The number of hydrogen-bond donors (Lipinski definition) is 16. The van der Waals surface area contributed by atoms with Gasteiger partial charge in [-0.05, 0) is 110 Å². The molecule has 5 heterocycles. The first kappa shape index (κ1) is 71.5. The summed E-state index contributed by atoms with van der Waals surface area (Å²) in [5.41, 5.74) is -1.98. The summed E-state index contributed by atoms with van der Waals surface area (Å²) in [5, 5.41) is 174. The summed E-state index contributed by atoms with van der Waals surface area (Å²) >= 11 is 0. The highest BCUT2D eigenvalue weighted by Gasteiger charge is 2.72. The van der Waals surface area contributed by atoms with E-state index in [0.29, 0.717) is 51.4 Å². The van der Waals surface area contributed by atoms with Crippen molar-refractivity contribution in [3.8, 4) is 0 Å². The summed E-state index contributed by atoms with van der Waals surface area (Å²) in [5.74, 6) is -2.51. The van der Waals surface area contributed by atoms with Crippen LogP contribution in [0, 0.1) is 50.2 Å². The number of carboxylic acid groups (broad SMARTS) is 1. The van der Waals surface area contributed by atoms with E-state index >= 15 is 0 Å². The van der Waals surface area contributed by atoms with Crippen molar-refractivity contribution in [1.82, 2.24) is 0 Å². The summed E-state index contributed by atoms with van der Waals surface area (Å²) in [6.07, 6.45) is -39.4. The number of allylic oxidation sites excluding steroid dienone is 2. The van der Waals surface area contributed by atoms with Crippen molar-refractivity contribution in [2.75, 3.05) is 26.4 Å². The molecular formula is C62H100O29. The molecule has 9 fully saturated rings. The Hall–Kier alpha value is -2.32. The van der Waals surface area contributed by atoms with Gasteiger partial charge in [-0.25, -0.2) is 4.79 Å². The standard InChI is InChI=1S/C62H100O29/c1-24-35(67)39(71)44(76)53(82-24)90-49-42(74)38(70)30(22-65)86-55(49)88-47-46(78)48(51(79)80)89-56(50(47)91-54-45(77)41(73)37(69)29(21-64)85-54)87-33-13-14-59(7)31(58(33,5)6)12-15-60(8)32(59)11-10-26-27-18-57(3,4)16-17-62(27,34(83-25(2)66)19-61(26,60)9)23-81-52-43(75)40(72)36(68)28(20-63)84-52/h10,24,27-50,52-56,63-65,67-78H,11-23H2,1-9H3,(H,79,80)/t24-,27-,28+,29-,30+,31-,32+,33-,34-,35-,36+,37-,38+,39-,40-,41-,42-,43-,44-,45+,46-,47+,48+,49+,50+,52+,53-,54+,55-,56+,59+,60-,61-,62-/m1/s1. The molecule has 5 aliphatic carbocycles. The topological polar surface area (TPSA) is 459 Å². The molecule has 4 saturated carbocycles. The van der Waals surface area contributed by atoms with Gasteiger partial charge >= 0.3 is 11.9 Å². The van der Waals surface area contributed by atoms with Crippen molar-refractivity contribution >= 4 is 11.9 Å². The van der Waals surface area contributed by atoms with E-state index in [9.17, 15) is 91.3 Å². The van der Waals surface area contributed by atoms with Crippen LogP contribution in [0.5, 0.6) is 0 Å². The Morgan fingerprint density at radius 1 is 0.527 bits per heavy atom. The van der Waals surface area contributed by atoms with Crippen LogP contribution in [0.25, 0.3) is 0 Å². The van der Waals surface area contributed by atoms with Gasteiger partial charge in [0.25, 0.3) is 0 Å². The zero-order valence-corrected chi connectivity index (χ0v) is 53.1. The van der Waals surface area contributed by atoms with Crippen LogP contribution in [-0.2, 0) is 61.7 Å². The van der Waals surface area contributed by atoms with E-state index in [-0.39, 0.29) is 29.8 Å². The van der Waals surface area contributed by atoms with Gasteiger partial charge in [-0.2, -0.15) is 0 Å². The molecule has 0 unspecified atom stereocenters. The Labute approximate surface area is 528 Å². The zero-order valence-electron chi connectivity index (χ0n) is 53.1. The fraction of sp³-hybridized carbons (Fsp3) is 0.935. The van der Waals surface area contributed by atoms with Gasteiger partial charge in [-0.15, -0.1) is 0 Å². The number of carbonyl (C=O) groups is 2. The summed E-state index contributed by atoms with van der Waals surface area (Å²) < 4.78 is 68.1. The van der Waals surface area contributed by atoms with Crippen molar-refractivity contribution < 1.29 is 143 Å². The second-order valence-electron chi connectivity index (χ2n) is 29.9. The summed E-state index contributed by atoms with van der Waals surface area (Å²) in [6, 6.07) is 0. The molecule has 0 radical (unpaired) electrons. The smallest absolute Gasteiger partial charge is 0.335 e. The highest BCUT2D eigenvalue weighted by molar-refractivity contribution is 5.73. The Bertz CT molecular complexity index is 2580. The van der Waals surface area contributed by atoms with Gasteiger partial charge in [0.1, 0.15) is 116 Å². The molecule has 522 valence electrons. The first-order valence-corrected chi connectivity index (χ1v) is 32.2. The molecule has 0 bridgehead atoms. The largest absolute Gasteiger partial charge is 0.479 e. The molecule has 0 amide bonds. The van der Waals surface area contributed by atoms with Crippen LogP contribution in [0.3, 0.4) is 0 Å². The van der Waals surface area contributed by atoms with E-state index in [1.165, 1.54) is 19.4 Å². The summed E-state index contributed by atoms with van der Waals surface area (Å²) in [4.78, 5) is 26.7. The fourth-order valence-corrected chi connectivity index (χ4v) is 18.4. The molecule has 10 aliphatic rings. The number of carboxylic acids is 1. The normalized spacial score (nSPS) is 52.9. The highest BCUT2D eigenvalue weighted by atomic mass is 16.8. The van der Waals surface area contributed by atoms with E-state index in [0.717, 1.165) is 6.42 Å². The number of aliphatic hydroxyl groups is 15. The Morgan fingerprint density at radius 3 is 1.65 bits per heavy atom. The van der Waals surface area contributed by atoms with E-state index in [1.54, 1.807) is 0 Å². The molecule has 0 aromatic carbocycles. The summed E-state index contributed by atoms with van der Waals surface area (Å²) in [7, 11) is 0. The third kappa shape index (κ3) is 12.3. The minimum absolute atomic E-state index is 0.0108. The fourth-order valence-electron chi connectivity index (χ4n) is 18.4. The predicted octanol–water partition coefficient (Wildman–Crippen LogP) is -3.08. The number of fused-ring (bicyclic) bond motifs is 7. The van der Waals surface area contributed by atoms with Crippen molar-refractivity contribution in [3.05, 3.63) is 11.6 Å². The van der Waals surface area contributed by atoms with E-state index < -0.39 is 225 Å². The average Bonchev–Trinajstić information content (AvgIpc) is 0.676. The van der Waals surface area contributed by atoms with Crippen LogP contribution in [0.1, 0.15) is 120 Å². The SMILES string of the molecule is CC(=O)O[C@@H]1C[C@]2(C)C(=CC[C@H]3[C@@]4(C)CC[C@@H](O[C@H]5O[C@H](C(=O)O)[C@H](O)[C@H](O[C@H]6O[C@@H](CO)[C@H](O)[C@@H](O)[C@@H]6O[C@H]6O[C@H](C)[C@@H](O)[C@@H](O)[C@H]6O)[C@@H]5O[C@@H]5O[C@H](CO)[C@@H](O)[C@@H](O)[C@@H]5O)C(C)(C)[C@H]4CC[C@]32C)[C@H]2CC(C)(C)CC[C@@]21CO[C@H]1O[C@@H](CO)[C@H](O)[C@@H](O)[C@H]1O. The minimum atomic E-state index is -2.29. The number of hydrogen-bond acceptors (Lipinski definition) is 28. The van der Waals surface area contributed by atoms with Crippen LogP contribution < -0.4 is 0 Å². The second kappa shape index (κ2) is 26.5. The molecule has 34 atom stereocenters. The maximum atomic E-state index is 13.4. The maximum absolute atomic E-state index is 13.4. The van der Waals surface area contributed by atoms with Crippen LogP contribution in [0.4, 0.5) is 0 Å². The van der Waals surface area contributed by atoms with Crippen LogP contribution >= 0.6 is 0 Å². The summed E-state index contributed by atoms with van der Waals surface area (Å²) in [6.45, 7) is 15.6.